The van der Waals surface area contributed by atoms with Crippen molar-refractivity contribution in [2.45, 2.75) is 26.2 Å². The van der Waals surface area contributed by atoms with E-state index in [9.17, 15) is 0 Å². The second-order valence-corrected chi connectivity index (χ2v) is 2.94. The predicted octanol–water partition coefficient (Wildman–Crippen LogP) is 2.67. The summed E-state index contributed by atoms with van der Waals surface area (Å²) in [6, 6.07) is 0. The Balaban J connectivity index is 2.40. The molecular formula is C9H12. The highest BCUT2D eigenvalue weighted by Crippen LogP contribution is 2.43. The third-order valence-electron chi connectivity index (χ3n) is 2.53. The molecule has 48 valence electrons. The Morgan fingerprint density at radius 3 is 2.78 bits per heavy atom. The van der Waals surface area contributed by atoms with Crippen LogP contribution < -0.4 is 0 Å². The molecule has 1 atom stereocenters. The first-order valence-corrected chi connectivity index (χ1v) is 3.77. The minimum absolute atomic E-state index is 0.921. The van der Waals surface area contributed by atoms with Gasteiger partial charge in [0.15, 0.2) is 0 Å². The lowest BCUT2D eigenvalue weighted by Gasteiger charge is -2.01. The largest absolute Gasteiger partial charge is 0.0839 e. The molecule has 2 aliphatic rings. The SMILES string of the molecule is CC=C1C2=CCC1CC2. The van der Waals surface area contributed by atoms with Gasteiger partial charge in [-0.1, -0.05) is 12.2 Å². The van der Waals surface area contributed by atoms with Crippen LogP contribution >= 0.6 is 0 Å². The Morgan fingerprint density at radius 2 is 2.56 bits per heavy atom. The highest BCUT2D eigenvalue weighted by Gasteiger charge is 2.28. The van der Waals surface area contributed by atoms with Gasteiger partial charge in [0.25, 0.3) is 0 Å². The highest BCUT2D eigenvalue weighted by molar-refractivity contribution is 5.42. The van der Waals surface area contributed by atoms with Crippen molar-refractivity contribution in [1.82, 2.24) is 0 Å². The Hall–Kier alpha value is -0.520. The highest BCUT2D eigenvalue weighted by atomic mass is 14.3. The second kappa shape index (κ2) is 1.73. The first-order valence-electron chi connectivity index (χ1n) is 3.77. The number of hydrogen-bond donors (Lipinski definition) is 0. The smallest absolute Gasteiger partial charge is 0.0125 e. The minimum Gasteiger partial charge on any atom is -0.0839 e. The molecule has 0 aliphatic heterocycles. The molecule has 0 amide bonds. The van der Waals surface area contributed by atoms with Gasteiger partial charge in [-0.05, 0) is 43.3 Å². The maximum Gasteiger partial charge on any atom is -0.0125 e. The quantitative estimate of drug-likeness (QED) is 0.461. The van der Waals surface area contributed by atoms with Gasteiger partial charge in [-0.3, -0.25) is 0 Å². The molecule has 0 N–H and O–H groups in total. The summed E-state index contributed by atoms with van der Waals surface area (Å²) in [5, 5.41) is 0. The molecule has 2 aliphatic carbocycles. The van der Waals surface area contributed by atoms with Gasteiger partial charge >= 0.3 is 0 Å². The zero-order valence-corrected chi connectivity index (χ0v) is 5.85. The van der Waals surface area contributed by atoms with E-state index in [-0.39, 0.29) is 0 Å². The molecule has 9 heavy (non-hydrogen) atoms. The molecule has 0 spiro atoms. The van der Waals surface area contributed by atoms with Crippen molar-refractivity contribution in [3.63, 3.8) is 0 Å². The van der Waals surface area contributed by atoms with Crippen LogP contribution in [0.4, 0.5) is 0 Å². The van der Waals surface area contributed by atoms with Gasteiger partial charge in [-0.25, -0.2) is 0 Å². The zero-order valence-electron chi connectivity index (χ0n) is 5.85. The van der Waals surface area contributed by atoms with Crippen LogP contribution in [0.3, 0.4) is 0 Å². The molecular weight excluding hydrogens is 108 g/mol. The van der Waals surface area contributed by atoms with Crippen LogP contribution in [0, 0.1) is 5.92 Å². The summed E-state index contributed by atoms with van der Waals surface area (Å²) in [7, 11) is 0. The van der Waals surface area contributed by atoms with Crippen molar-refractivity contribution in [3.05, 3.63) is 23.3 Å². The average molecular weight is 120 g/mol. The van der Waals surface area contributed by atoms with Crippen LogP contribution in [-0.4, -0.2) is 0 Å². The topological polar surface area (TPSA) is 0 Å². The molecule has 1 saturated carbocycles. The van der Waals surface area contributed by atoms with Gasteiger partial charge < -0.3 is 0 Å². The van der Waals surface area contributed by atoms with Crippen molar-refractivity contribution in [2.24, 2.45) is 5.92 Å². The second-order valence-electron chi connectivity index (χ2n) is 2.94. The molecule has 0 aromatic heterocycles. The molecule has 0 aromatic carbocycles. The standard InChI is InChI=1S/C9H12/c1-2-9-7-3-4-8(9)6-5-7/h2-3,8H,4-6H2,1H3. The van der Waals surface area contributed by atoms with Gasteiger partial charge in [-0.15, -0.1) is 0 Å². The number of fused-ring (bicyclic) bond motifs is 2. The van der Waals surface area contributed by atoms with E-state index in [1.807, 2.05) is 0 Å². The fraction of sp³-hybridized carbons (Fsp3) is 0.556. The van der Waals surface area contributed by atoms with E-state index >= 15 is 0 Å². The van der Waals surface area contributed by atoms with Crippen molar-refractivity contribution >= 4 is 0 Å². The first kappa shape index (κ1) is 5.28. The molecule has 2 rings (SSSR count). The Bertz CT molecular complexity index is 184. The molecule has 2 bridgehead atoms. The van der Waals surface area contributed by atoms with Crippen LogP contribution in [0.1, 0.15) is 26.2 Å². The molecule has 0 heterocycles. The number of hydrogen-bond acceptors (Lipinski definition) is 0. The van der Waals surface area contributed by atoms with Crippen molar-refractivity contribution in [2.75, 3.05) is 0 Å². The summed E-state index contributed by atoms with van der Waals surface area (Å²) < 4.78 is 0. The lowest BCUT2D eigenvalue weighted by Crippen LogP contribution is -1.88. The predicted molar refractivity (Wildman–Crippen MR) is 39.2 cm³/mol. The summed E-state index contributed by atoms with van der Waals surface area (Å²) in [6.07, 6.45) is 8.80. The van der Waals surface area contributed by atoms with Crippen LogP contribution in [0.15, 0.2) is 23.3 Å². The van der Waals surface area contributed by atoms with Gasteiger partial charge in [-0.2, -0.15) is 0 Å². The third-order valence-corrected chi connectivity index (χ3v) is 2.53. The van der Waals surface area contributed by atoms with Gasteiger partial charge in [0.05, 0.1) is 0 Å². The first-order chi connectivity index (χ1) is 4.42. The van der Waals surface area contributed by atoms with E-state index in [0.29, 0.717) is 0 Å². The summed E-state index contributed by atoms with van der Waals surface area (Å²) in [4.78, 5) is 0. The Labute approximate surface area is 56.3 Å². The van der Waals surface area contributed by atoms with E-state index in [1.165, 1.54) is 19.3 Å². The summed E-state index contributed by atoms with van der Waals surface area (Å²) in [5.74, 6) is 0.921. The van der Waals surface area contributed by atoms with Crippen LogP contribution in [0.5, 0.6) is 0 Å². The van der Waals surface area contributed by atoms with Crippen LogP contribution in [0.2, 0.25) is 0 Å². The Kier molecular flexibility index (Phi) is 1.01. The summed E-state index contributed by atoms with van der Waals surface area (Å²) in [5.41, 5.74) is 3.29. The zero-order chi connectivity index (χ0) is 6.27. The average Bonchev–Trinajstić information content (AvgIpc) is 2.44. The van der Waals surface area contributed by atoms with E-state index in [1.54, 1.807) is 11.1 Å². The molecule has 0 heteroatoms. The number of rotatable bonds is 0. The maximum atomic E-state index is 2.41. The lowest BCUT2D eigenvalue weighted by atomic mass is 10.0. The molecule has 1 fully saturated rings. The van der Waals surface area contributed by atoms with Gasteiger partial charge in [0, 0.05) is 0 Å². The molecule has 0 saturated heterocycles. The maximum absolute atomic E-state index is 2.41. The normalized spacial score (nSPS) is 35.9. The van der Waals surface area contributed by atoms with E-state index in [2.05, 4.69) is 19.1 Å². The Morgan fingerprint density at radius 1 is 1.67 bits per heavy atom. The molecule has 0 aromatic rings. The van der Waals surface area contributed by atoms with Crippen LogP contribution in [-0.2, 0) is 0 Å². The van der Waals surface area contributed by atoms with E-state index in [0.717, 1.165) is 5.92 Å². The fourth-order valence-electron chi connectivity index (χ4n) is 2.06. The molecule has 0 nitrogen and oxygen atoms in total. The lowest BCUT2D eigenvalue weighted by molar-refractivity contribution is 0.633. The van der Waals surface area contributed by atoms with Crippen molar-refractivity contribution < 1.29 is 0 Å². The van der Waals surface area contributed by atoms with Gasteiger partial charge in [0.2, 0.25) is 0 Å². The van der Waals surface area contributed by atoms with Gasteiger partial charge in [0.1, 0.15) is 0 Å². The summed E-state index contributed by atoms with van der Waals surface area (Å²) in [6.45, 7) is 2.16. The third kappa shape index (κ3) is 0.592. The number of allylic oxidation sites excluding steroid dienone is 4. The van der Waals surface area contributed by atoms with Crippen molar-refractivity contribution in [1.29, 1.82) is 0 Å². The monoisotopic (exact) mass is 120 g/mol. The fourth-order valence-corrected chi connectivity index (χ4v) is 2.06. The van der Waals surface area contributed by atoms with Crippen LogP contribution in [0.25, 0.3) is 0 Å². The van der Waals surface area contributed by atoms with Crippen molar-refractivity contribution in [3.8, 4) is 0 Å². The summed E-state index contributed by atoms with van der Waals surface area (Å²) >= 11 is 0. The molecule has 1 unspecified atom stereocenters. The molecule has 0 radical (unpaired) electrons. The van der Waals surface area contributed by atoms with E-state index in [4.69, 9.17) is 0 Å². The van der Waals surface area contributed by atoms with E-state index < -0.39 is 0 Å². The minimum atomic E-state index is 0.921.